The van der Waals surface area contributed by atoms with E-state index in [1.165, 1.54) is 0 Å². The van der Waals surface area contributed by atoms with Gasteiger partial charge in [-0.25, -0.2) is 9.78 Å². The molecule has 2 aromatic rings. The van der Waals surface area contributed by atoms with Crippen molar-refractivity contribution in [3.8, 4) is 0 Å². The van der Waals surface area contributed by atoms with Crippen LogP contribution in [0, 0.1) is 0 Å². The Morgan fingerprint density at radius 2 is 2.08 bits per heavy atom. The Balaban J connectivity index is 1.97. The number of aromatic nitrogens is 3. The van der Waals surface area contributed by atoms with Crippen molar-refractivity contribution in [1.29, 1.82) is 0 Å². The summed E-state index contributed by atoms with van der Waals surface area (Å²) in [5, 5.41) is 12.0. The van der Waals surface area contributed by atoms with Crippen molar-refractivity contribution in [3.05, 3.63) is 48.3 Å². The number of pyridine rings is 1. The van der Waals surface area contributed by atoms with E-state index in [2.05, 4.69) is 29.1 Å². The second-order valence-corrected chi connectivity index (χ2v) is 5.86. The maximum atomic E-state index is 12.5. The number of hydrogen-bond donors (Lipinski definition) is 2. The van der Waals surface area contributed by atoms with Gasteiger partial charge >= 0.3 is 6.03 Å². The quantitative estimate of drug-likeness (QED) is 0.774. The standard InChI is InChI=1S/C17H25N5O2/c1-14(2)22-10-8-19-16(22)12-20-17(24)21(9-3-11-23)13-15-4-6-18-7-5-15/h4-8,10,14,23H,3,9,11-13H2,1-2H3,(H,20,24). The number of carbonyl (C=O) groups is 1. The number of aliphatic hydroxyl groups excluding tert-OH is 1. The van der Waals surface area contributed by atoms with Gasteiger partial charge < -0.3 is 19.9 Å². The van der Waals surface area contributed by atoms with E-state index in [1.807, 2.05) is 22.9 Å². The highest BCUT2D eigenvalue weighted by Crippen LogP contribution is 2.09. The van der Waals surface area contributed by atoms with Crippen LogP contribution >= 0.6 is 0 Å². The van der Waals surface area contributed by atoms with Crippen molar-refractivity contribution in [3.63, 3.8) is 0 Å². The number of amides is 2. The second kappa shape index (κ2) is 9.02. The SMILES string of the molecule is CC(C)n1ccnc1CNC(=O)N(CCCO)Cc1ccncc1. The minimum absolute atomic E-state index is 0.0535. The summed E-state index contributed by atoms with van der Waals surface area (Å²) in [6.07, 6.45) is 7.60. The van der Waals surface area contributed by atoms with Gasteiger partial charge in [0.05, 0.1) is 6.54 Å². The fourth-order valence-corrected chi connectivity index (χ4v) is 2.44. The molecule has 0 bridgehead atoms. The van der Waals surface area contributed by atoms with Crippen LogP contribution in [-0.2, 0) is 13.1 Å². The van der Waals surface area contributed by atoms with Crippen LogP contribution in [0.15, 0.2) is 36.9 Å². The number of nitrogens with one attached hydrogen (secondary N) is 1. The number of imidazole rings is 1. The molecule has 0 spiro atoms. The van der Waals surface area contributed by atoms with Gasteiger partial charge in [-0.05, 0) is 38.0 Å². The van der Waals surface area contributed by atoms with Crippen molar-refractivity contribution in [2.75, 3.05) is 13.2 Å². The Hall–Kier alpha value is -2.41. The summed E-state index contributed by atoms with van der Waals surface area (Å²) in [6.45, 7) is 5.54. The van der Waals surface area contributed by atoms with Crippen LogP contribution in [0.25, 0.3) is 0 Å². The molecule has 0 saturated carbocycles. The molecule has 0 radical (unpaired) electrons. The maximum Gasteiger partial charge on any atom is 0.318 e. The molecule has 7 nitrogen and oxygen atoms in total. The summed E-state index contributed by atoms with van der Waals surface area (Å²) in [4.78, 5) is 22.5. The second-order valence-electron chi connectivity index (χ2n) is 5.86. The van der Waals surface area contributed by atoms with Gasteiger partial charge in [0, 0.05) is 50.5 Å². The van der Waals surface area contributed by atoms with Gasteiger partial charge in [-0.3, -0.25) is 4.98 Å². The Morgan fingerprint density at radius 1 is 1.33 bits per heavy atom. The van der Waals surface area contributed by atoms with Gasteiger partial charge in [-0.2, -0.15) is 0 Å². The summed E-state index contributed by atoms with van der Waals surface area (Å²) < 4.78 is 2.03. The van der Waals surface area contributed by atoms with Gasteiger partial charge in [0.1, 0.15) is 5.82 Å². The van der Waals surface area contributed by atoms with Crippen LogP contribution in [0.1, 0.15) is 37.7 Å². The fraction of sp³-hybridized carbons (Fsp3) is 0.471. The Labute approximate surface area is 142 Å². The minimum atomic E-state index is -0.168. The van der Waals surface area contributed by atoms with Gasteiger partial charge in [0.15, 0.2) is 0 Å². The summed E-state index contributed by atoms with van der Waals surface area (Å²) in [6, 6.07) is 3.88. The van der Waals surface area contributed by atoms with Crippen molar-refractivity contribution in [2.45, 2.75) is 39.4 Å². The first kappa shape index (κ1) is 17.9. The molecule has 2 rings (SSSR count). The van der Waals surface area contributed by atoms with Crippen LogP contribution < -0.4 is 5.32 Å². The minimum Gasteiger partial charge on any atom is -0.396 e. The molecule has 0 aromatic carbocycles. The largest absolute Gasteiger partial charge is 0.396 e. The molecule has 2 aromatic heterocycles. The Bertz CT molecular complexity index is 627. The first-order valence-corrected chi connectivity index (χ1v) is 8.16. The molecule has 0 aliphatic rings. The smallest absolute Gasteiger partial charge is 0.318 e. The number of hydrogen-bond acceptors (Lipinski definition) is 4. The number of nitrogens with zero attached hydrogens (tertiary/aromatic N) is 4. The molecule has 0 fully saturated rings. The summed E-state index contributed by atoms with van der Waals surface area (Å²) in [5.41, 5.74) is 1.00. The van der Waals surface area contributed by atoms with E-state index in [-0.39, 0.29) is 12.6 Å². The monoisotopic (exact) mass is 331 g/mol. The summed E-state index contributed by atoms with van der Waals surface area (Å²) in [5.74, 6) is 0.823. The molecule has 0 saturated heterocycles. The Kier molecular flexibility index (Phi) is 6.74. The first-order valence-electron chi connectivity index (χ1n) is 8.16. The van der Waals surface area contributed by atoms with E-state index in [0.29, 0.717) is 32.1 Å². The lowest BCUT2D eigenvalue weighted by Gasteiger charge is -2.23. The number of rotatable bonds is 8. The molecule has 130 valence electrons. The lowest BCUT2D eigenvalue weighted by atomic mass is 10.2. The van der Waals surface area contributed by atoms with Gasteiger partial charge in [-0.1, -0.05) is 0 Å². The number of aliphatic hydroxyl groups is 1. The van der Waals surface area contributed by atoms with Crippen LogP contribution in [0.5, 0.6) is 0 Å². The van der Waals surface area contributed by atoms with Crippen molar-refractivity contribution < 1.29 is 9.90 Å². The average molecular weight is 331 g/mol. The average Bonchev–Trinajstić information content (AvgIpc) is 3.06. The van der Waals surface area contributed by atoms with E-state index in [4.69, 9.17) is 5.11 Å². The molecule has 0 aliphatic heterocycles. The third-order valence-corrected chi connectivity index (χ3v) is 3.70. The molecule has 2 N–H and O–H groups in total. The fourth-order valence-electron chi connectivity index (χ4n) is 2.44. The summed E-state index contributed by atoms with van der Waals surface area (Å²) in [7, 11) is 0. The zero-order valence-electron chi connectivity index (χ0n) is 14.2. The van der Waals surface area contributed by atoms with Gasteiger partial charge in [0.25, 0.3) is 0 Å². The van der Waals surface area contributed by atoms with Crippen LogP contribution in [0.3, 0.4) is 0 Å². The lowest BCUT2D eigenvalue weighted by molar-refractivity contribution is 0.185. The van der Waals surface area contributed by atoms with Crippen molar-refractivity contribution in [1.82, 2.24) is 24.8 Å². The molecular weight excluding hydrogens is 306 g/mol. The zero-order valence-corrected chi connectivity index (χ0v) is 14.2. The van der Waals surface area contributed by atoms with E-state index < -0.39 is 0 Å². The number of carbonyl (C=O) groups excluding carboxylic acids is 1. The van der Waals surface area contributed by atoms with Gasteiger partial charge in [-0.15, -0.1) is 0 Å². The maximum absolute atomic E-state index is 12.5. The molecule has 0 unspecified atom stereocenters. The van der Waals surface area contributed by atoms with Crippen molar-refractivity contribution in [2.24, 2.45) is 0 Å². The third kappa shape index (κ3) is 5.06. The Morgan fingerprint density at radius 3 is 2.75 bits per heavy atom. The first-order chi connectivity index (χ1) is 11.6. The van der Waals surface area contributed by atoms with Crippen LogP contribution in [-0.4, -0.2) is 43.7 Å². The molecular formula is C17H25N5O2. The highest BCUT2D eigenvalue weighted by atomic mass is 16.3. The molecule has 0 atom stereocenters. The molecule has 2 amide bonds. The topological polar surface area (TPSA) is 83.3 Å². The lowest BCUT2D eigenvalue weighted by Crippen LogP contribution is -2.40. The van der Waals surface area contributed by atoms with Crippen LogP contribution in [0.4, 0.5) is 4.79 Å². The molecule has 0 aliphatic carbocycles. The van der Waals surface area contributed by atoms with E-state index in [1.54, 1.807) is 23.5 Å². The molecule has 24 heavy (non-hydrogen) atoms. The van der Waals surface area contributed by atoms with E-state index in [9.17, 15) is 4.79 Å². The van der Waals surface area contributed by atoms with E-state index >= 15 is 0 Å². The highest BCUT2D eigenvalue weighted by molar-refractivity contribution is 5.74. The highest BCUT2D eigenvalue weighted by Gasteiger charge is 2.15. The number of urea groups is 1. The summed E-state index contributed by atoms with van der Waals surface area (Å²) >= 11 is 0. The van der Waals surface area contributed by atoms with Crippen molar-refractivity contribution >= 4 is 6.03 Å². The molecule has 2 heterocycles. The normalized spacial score (nSPS) is 10.8. The molecule has 7 heteroatoms. The predicted octanol–water partition coefficient (Wildman–Crippen LogP) is 1.95. The van der Waals surface area contributed by atoms with E-state index in [0.717, 1.165) is 11.4 Å². The third-order valence-electron chi connectivity index (χ3n) is 3.70. The predicted molar refractivity (Wildman–Crippen MR) is 91.2 cm³/mol. The van der Waals surface area contributed by atoms with Gasteiger partial charge in [0.2, 0.25) is 0 Å². The van der Waals surface area contributed by atoms with Crippen LogP contribution in [0.2, 0.25) is 0 Å². The zero-order chi connectivity index (χ0) is 17.4.